The number of benzene rings is 1. The van der Waals surface area contributed by atoms with Crippen LogP contribution in [0, 0.1) is 19.8 Å². The van der Waals surface area contributed by atoms with E-state index in [1.165, 1.54) is 16.7 Å². The molecule has 122 valence electrons. The summed E-state index contributed by atoms with van der Waals surface area (Å²) in [5.41, 5.74) is 3.97. The average molecular weight is 303 g/mol. The Morgan fingerprint density at radius 2 is 2.18 bits per heavy atom. The van der Waals surface area contributed by atoms with Gasteiger partial charge in [0.05, 0.1) is 6.04 Å². The number of aryl methyl sites for hydroxylation is 1. The van der Waals surface area contributed by atoms with Gasteiger partial charge in [-0.1, -0.05) is 25.1 Å². The SMILES string of the molecule is COCCC[C@H](C)C(=O)N1CCC[C@H]1c1cccc(C)c1C. The molecule has 1 fully saturated rings. The van der Waals surface area contributed by atoms with Gasteiger partial charge in [-0.05, 0) is 56.2 Å². The van der Waals surface area contributed by atoms with Crippen LogP contribution in [0.25, 0.3) is 0 Å². The van der Waals surface area contributed by atoms with Crippen LogP contribution < -0.4 is 0 Å². The summed E-state index contributed by atoms with van der Waals surface area (Å²) in [4.78, 5) is 14.9. The van der Waals surface area contributed by atoms with Crippen LogP contribution in [0.3, 0.4) is 0 Å². The molecule has 3 nitrogen and oxygen atoms in total. The minimum atomic E-state index is 0.0841. The van der Waals surface area contributed by atoms with Gasteiger partial charge < -0.3 is 9.64 Å². The first-order valence-electron chi connectivity index (χ1n) is 8.41. The van der Waals surface area contributed by atoms with Gasteiger partial charge in [0.15, 0.2) is 0 Å². The van der Waals surface area contributed by atoms with E-state index in [2.05, 4.69) is 43.9 Å². The summed E-state index contributed by atoms with van der Waals surface area (Å²) in [5, 5.41) is 0. The Morgan fingerprint density at radius 1 is 1.41 bits per heavy atom. The van der Waals surface area contributed by atoms with E-state index in [1.807, 2.05) is 0 Å². The van der Waals surface area contributed by atoms with Crippen molar-refractivity contribution in [1.82, 2.24) is 4.90 Å². The minimum absolute atomic E-state index is 0.0841. The first-order valence-corrected chi connectivity index (χ1v) is 8.41. The van der Waals surface area contributed by atoms with Gasteiger partial charge in [0.25, 0.3) is 0 Å². The monoisotopic (exact) mass is 303 g/mol. The van der Waals surface area contributed by atoms with Crippen molar-refractivity contribution in [3.8, 4) is 0 Å². The molecule has 0 N–H and O–H groups in total. The lowest BCUT2D eigenvalue weighted by Crippen LogP contribution is -2.35. The van der Waals surface area contributed by atoms with E-state index >= 15 is 0 Å². The zero-order chi connectivity index (χ0) is 16.1. The molecule has 1 aliphatic heterocycles. The third-order valence-electron chi connectivity index (χ3n) is 4.95. The molecule has 1 heterocycles. The van der Waals surface area contributed by atoms with Gasteiger partial charge in [0.2, 0.25) is 5.91 Å². The second kappa shape index (κ2) is 7.77. The van der Waals surface area contributed by atoms with Crippen molar-refractivity contribution in [3.05, 3.63) is 34.9 Å². The largest absolute Gasteiger partial charge is 0.385 e. The van der Waals surface area contributed by atoms with Crippen LogP contribution in [0.4, 0.5) is 0 Å². The van der Waals surface area contributed by atoms with Crippen LogP contribution in [0.15, 0.2) is 18.2 Å². The number of methoxy groups -OCH3 is 1. The van der Waals surface area contributed by atoms with E-state index in [-0.39, 0.29) is 12.0 Å². The van der Waals surface area contributed by atoms with Gasteiger partial charge >= 0.3 is 0 Å². The molecule has 0 spiro atoms. The lowest BCUT2D eigenvalue weighted by molar-refractivity contribution is -0.136. The van der Waals surface area contributed by atoms with Crippen molar-refractivity contribution in [2.45, 2.75) is 52.5 Å². The highest BCUT2D eigenvalue weighted by Crippen LogP contribution is 2.35. The zero-order valence-electron chi connectivity index (χ0n) is 14.4. The third kappa shape index (κ3) is 3.70. The summed E-state index contributed by atoms with van der Waals surface area (Å²) in [6.07, 6.45) is 4.05. The lowest BCUT2D eigenvalue weighted by Gasteiger charge is -2.29. The molecule has 0 aromatic heterocycles. The zero-order valence-corrected chi connectivity index (χ0v) is 14.4. The average Bonchev–Trinajstić information content (AvgIpc) is 2.98. The fraction of sp³-hybridized carbons (Fsp3) is 0.632. The van der Waals surface area contributed by atoms with Crippen molar-refractivity contribution >= 4 is 5.91 Å². The number of hydrogen-bond donors (Lipinski definition) is 0. The second-order valence-electron chi connectivity index (χ2n) is 6.51. The van der Waals surface area contributed by atoms with Crippen molar-refractivity contribution in [1.29, 1.82) is 0 Å². The Morgan fingerprint density at radius 3 is 2.91 bits per heavy atom. The number of ether oxygens (including phenoxy) is 1. The van der Waals surface area contributed by atoms with Gasteiger partial charge in [0.1, 0.15) is 0 Å². The first kappa shape index (κ1) is 17.0. The summed E-state index contributed by atoms with van der Waals surface area (Å²) in [6.45, 7) is 8.00. The third-order valence-corrected chi connectivity index (χ3v) is 4.95. The van der Waals surface area contributed by atoms with Crippen molar-refractivity contribution in [2.75, 3.05) is 20.3 Å². The second-order valence-corrected chi connectivity index (χ2v) is 6.51. The van der Waals surface area contributed by atoms with Crippen molar-refractivity contribution in [2.24, 2.45) is 5.92 Å². The summed E-state index contributed by atoms with van der Waals surface area (Å²) in [6, 6.07) is 6.71. The highest BCUT2D eigenvalue weighted by Gasteiger charge is 2.32. The first-order chi connectivity index (χ1) is 10.6. The molecule has 1 aliphatic rings. The van der Waals surface area contributed by atoms with Crippen LogP contribution in [-0.2, 0) is 9.53 Å². The molecule has 2 rings (SSSR count). The van der Waals surface area contributed by atoms with Crippen LogP contribution in [-0.4, -0.2) is 31.1 Å². The normalized spacial score (nSPS) is 19.5. The summed E-state index contributed by atoms with van der Waals surface area (Å²) >= 11 is 0. The van der Waals surface area contributed by atoms with Crippen LogP contribution in [0.1, 0.15) is 55.3 Å². The van der Waals surface area contributed by atoms with E-state index in [0.29, 0.717) is 5.91 Å². The summed E-state index contributed by atoms with van der Waals surface area (Å²) in [5.74, 6) is 0.389. The fourth-order valence-corrected chi connectivity index (χ4v) is 3.43. The van der Waals surface area contributed by atoms with E-state index in [1.54, 1.807) is 7.11 Å². The highest BCUT2D eigenvalue weighted by atomic mass is 16.5. The fourth-order valence-electron chi connectivity index (χ4n) is 3.43. The molecule has 2 atom stereocenters. The number of likely N-dealkylation sites (tertiary alicyclic amines) is 1. The Bertz CT molecular complexity index is 512. The van der Waals surface area contributed by atoms with Crippen molar-refractivity contribution < 1.29 is 9.53 Å². The molecule has 0 unspecified atom stereocenters. The van der Waals surface area contributed by atoms with E-state index in [9.17, 15) is 4.79 Å². The maximum atomic E-state index is 12.8. The lowest BCUT2D eigenvalue weighted by atomic mass is 9.95. The smallest absolute Gasteiger partial charge is 0.225 e. The number of rotatable bonds is 6. The van der Waals surface area contributed by atoms with E-state index in [4.69, 9.17) is 4.74 Å². The molecule has 1 aromatic carbocycles. The number of nitrogens with zero attached hydrogens (tertiary/aromatic N) is 1. The standard InChI is InChI=1S/C19H29NO2/c1-14-8-5-10-17(16(14)3)18-11-6-12-20(18)19(21)15(2)9-7-13-22-4/h5,8,10,15,18H,6-7,9,11-13H2,1-4H3/t15-,18-/m0/s1. The molecule has 1 aromatic rings. The molecule has 0 saturated carbocycles. The summed E-state index contributed by atoms with van der Waals surface area (Å²) < 4.78 is 5.09. The van der Waals surface area contributed by atoms with Gasteiger partial charge in [-0.25, -0.2) is 0 Å². The number of carbonyl (C=O) groups is 1. The van der Waals surface area contributed by atoms with Gasteiger partial charge in [-0.15, -0.1) is 0 Å². The highest BCUT2D eigenvalue weighted by molar-refractivity contribution is 5.79. The van der Waals surface area contributed by atoms with Gasteiger partial charge in [-0.2, -0.15) is 0 Å². The van der Waals surface area contributed by atoms with Crippen molar-refractivity contribution in [3.63, 3.8) is 0 Å². The Balaban J connectivity index is 2.10. The number of carbonyl (C=O) groups excluding carboxylic acids is 1. The Kier molecular flexibility index (Phi) is 6.01. The predicted molar refractivity (Wildman–Crippen MR) is 89.9 cm³/mol. The maximum absolute atomic E-state index is 12.8. The molecule has 0 radical (unpaired) electrons. The molecule has 0 aliphatic carbocycles. The number of amides is 1. The molecule has 0 bridgehead atoms. The molecule has 22 heavy (non-hydrogen) atoms. The molecule has 3 heteroatoms. The minimum Gasteiger partial charge on any atom is -0.385 e. The Hall–Kier alpha value is -1.35. The van der Waals surface area contributed by atoms with Crippen LogP contribution in [0.2, 0.25) is 0 Å². The van der Waals surface area contributed by atoms with E-state index < -0.39 is 0 Å². The molecular formula is C19H29NO2. The topological polar surface area (TPSA) is 29.5 Å². The summed E-state index contributed by atoms with van der Waals surface area (Å²) in [7, 11) is 1.71. The molecule has 1 saturated heterocycles. The Labute approximate surface area is 134 Å². The maximum Gasteiger partial charge on any atom is 0.225 e. The van der Waals surface area contributed by atoms with Crippen LogP contribution in [0.5, 0.6) is 0 Å². The van der Waals surface area contributed by atoms with Gasteiger partial charge in [0, 0.05) is 26.2 Å². The van der Waals surface area contributed by atoms with E-state index in [0.717, 1.165) is 38.8 Å². The van der Waals surface area contributed by atoms with Crippen LogP contribution >= 0.6 is 0 Å². The van der Waals surface area contributed by atoms with Gasteiger partial charge in [-0.3, -0.25) is 4.79 Å². The molecular weight excluding hydrogens is 274 g/mol. The number of hydrogen-bond acceptors (Lipinski definition) is 2. The predicted octanol–water partition coefficient (Wildman–Crippen LogP) is 4.03. The quantitative estimate of drug-likeness (QED) is 0.743. The molecule has 1 amide bonds.